The first-order chi connectivity index (χ1) is 14.3. The third-order valence-corrected chi connectivity index (χ3v) is 4.67. The van der Waals surface area contributed by atoms with E-state index in [2.05, 4.69) is 9.97 Å². The van der Waals surface area contributed by atoms with E-state index in [0.717, 1.165) is 11.8 Å². The van der Waals surface area contributed by atoms with Crippen LogP contribution in [0, 0.1) is 18.3 Å². The van der Waals surface area contributed by atoms with Crippen LogP contribution in [-0.2, 0) is 6.18 Å². The molecule has 0 aliphatic heterocycles. The first-order valence-electron chi connectivity index (χ1n) is 8.93. The van der Waals surface area contributed by atoms with Crippen molar-refractivity contribution in [2.24, 2.45) is 0 Å². The molecule has 0 atom stereocenters. The monoisotopic (exact) mass is 408 g/mol. The minimum Gasteiger partial charge on any atom is -0.478 e. The van der Waals surface area contributed by atoms with E-state index in [1.165, 1.54) is 11.5 Å². The second kappa shape index (κ2) is 7.19. The molecule has 4 rings (SSSR count). The number of nitrogens with zero attached hydrogens (tertiary/aromatic N) is 4. The van der Waals surface area contributed by atoms with Gasteiger partial charge in [-0.3, -0.25) is 4.40 Å². The summed E-state index contributed by atoms with van der Waals surface area (Å²) in [5.41, 5.74) is 2.57. The molecule has 0 saturated heterocycles. The van der Waals surface area contributed by atoms with E-state index in [9.17, 15) is 13.2 Å². The van der Waals surface area contributed by atoms with E-state index in [4.69, 9.17) is 10.00 Å². The van der Waals surface area contributed by atoms with Gasteiger partial charge in [-0.15, -0.1) is 0 Å². The van der Waals surface area contributed by atoms with Crippen molar-refractivity contribution in [1.29, 1.82) is 5.26 Å². The number of aryl methyl sites for hydroxylation is 1. The highest BCUT2D eigenvalue weighted by Crippen LogP contribution is 2.37. The Balaban J connectivity index is 2.09. The molecule has 0 aliphatic rings. The van der Waals surface area contributed by atoms with E-state index < -0.39 is 11.9 Å². The topological polar surface area (TPSA) is 63.2 Å². The van der Waals surface area contributed by atoms with Crippen LogP contribution >= 0.6 is 0 Å². The van der Waals surface area contributed by atoms with Gasteiger partial charge in [-0.05, 0) is 19.1 Å². The standard InChI is InChI=1S/C22H15F3N4O/c1-13-3-7-16(8-4-13)19-18(15-9-5-14(11-26)6-10-15)28-21(30-2)20-27-17(12-29(19)20)22(23,24)25/h3-10,12H,1-2H3. The number of rotatable bonds is 3. The number of hydrogen-bond donors (Lipinski definition) is 0. The molecule has 0 fully saturated rings. The zero-order chi connectivity index (χ0) is 21.5. The summed E-state index contributed by atoms with van der Waals surface area (Å²) in [5.74, 6) is -0.0271. The van der Waals surface area contributed by atoms with Crippen molar-refractivity contribution < 1.29 is 17.9 Å². The number of benzene rings is 2. The average Bonchev–Trinajstić information content (AvgIpc) is 3.19. The van der Waals surface area contributed by atoms with Crippen LogP contribution in [0.25, 0.3) is 28.2 Å². The number of aromatic nitrogens is 3. The molecule has 2 aromatic heterocycles. The van der Waals surface area contributed by atoms with E-state index in [-0.39, 0.29) is 11.5 Å². The number of nitriles is 1. The Morgan fingerprint density at radius 1 is 0.967 bits per heavy atom. The molecule has 2 aromatic carbocycles. The van der Waals surface area contributed by atoms with Crippen molar-refractivity contribution in [2.45, 2.75) is 13.1 Å². The number of halogens is 3. The Morgan fingerprint density at radius 3 is 2.17 bits per heavy atom. The van der Waals surface area contributed by atoms with Gasteiger partial charge in [0.15, 0.2) is 5.69 Å². The summed E-state index contributed by atoms with van der Waals surface area (Å²) in [4.78, 5) is 8.21. The van der Waals surface area contributed by atoms with Crippen molar-refractivity contribution >= 4 is 5.65 Å². The molecule has 8 heteroatoms. The van der Waals surface area contributed by atoms with Gasteiger partial charge in [0.05, 0.1) is 30.1 Å². The third-order valence-electron chi connectivity index (χ3n) is 4.67. The Kier molecular flexibility index (Phi) is 4.66. The van der Waals surface area contributed by atoms with Crippen LogP contribution < -0.4 is 4.74 Å². The predicted molar refractivity (Wildman–Crippen MR) is 105 cm³/mol. The van der Waals surface area contributed by atoms with Crippen molar-refractivity contribution in [3.8, 4) is 34.5 Å². The predicted octanol–water partition coefficient (Wildman–Crippen LogP) is 5.27. The summed E-state index contributed by atoms with van der Waals surface area (Å²) in [6.07, 6.45) is -3.67. The minimum atomic E-state index is -4.61. The van der Waals surface area contributed by atoms with Crippen LogP contribution in [0.1, 0.15) is 16.8 Å². The lowest BCUT2D eigenvalue weighted by atomic mass is 10.0. The van der Waals surface area contributed by atoms with Crippen molar-refractivity contribution in [2.75, 3.05) is 7.11 Å². The van der Waals surface area contributed by atoms with Crippen molar-refractivity contribution in [3.63, 3.8) is 0 Å². The summed E-state index contributed by atoms with van der Waals surface area (Å²) in [5, 5.41) is 9.06. The molecule has 0 amide bonds. The van der Waals surface area contributed by atoms with E-state index in [0.29, 0.717) is 28.1 Å². The number of hydrogen-bond acceptors (Lipinski definition) is 4. The first-order valence-corrected chi connectivity index (χ1v) is 8.93. The zero-order valence-electron chi connectivity index (χ0n) is 16.0. The molecule has 0 N–H and O–H groups in total. The smallest absolute Gasteiger partial charge is 0.434 e. The van der Waals surface area contributed by atoms with Crippen LogP contribution in [0.15, 0.2) is 54.7 Å². The van der Waals surface area contributed by atoms with Gasteiger partial charge < -0.3 is 4.74 Å². The lowest BCUT2D eigenvalue weighted by molar-refractivity contribution is -0.140. The second-order valence-electron chi connectivity index (χ2n) is 6.69. The van der Waals surface area contributed by atoms with Crippen LogP contribution in [0.3, 0.4) is 0 Å². The van der Waals surface area contributed by atoms with Gasteiger partial charge in [-0.2, -0.15) is 18.4 Å². The number of methoxy groups -OCH3 is 1. The quantitative estimate of drug-likeness (QED) is 0.463. The SMILES string of the molecule is COc1nc(-c2ccc(C#N)cc2)c(-c2ccc(C)cc2)n2cc(C(F)(F)F)nc12. The maximum atomic E-state index is 13.4. The molecule has 0 spiro atoms. The molecule has 0 bridgehead atoms. The molecule has 4 aromatic rings. The van der Waals surface area contributed by atoms with Crippen molar-refractivity contribution in [1.82, 2.24) is 14.4 Å². The number of ether oxygens (including phenoxy) is 1. The lowest BCUT2D eigenvalue weighted by Gasteiger charge is -2.14. The van der Waals surface area contributed by atoms with E-state index in [1.54, 1.807) is 24.3 Å². The summed E-state index contributed by atoms with van der Waals surface area (Å²) >= 11 is 0. The van der Waals surface area contributed by atoms with E-state index >= 15 is 0 Å². The maximum absolute atomic E-state index is 13.4. The molecule has 0 saturated carbocycles. The summed E-state index contributed by atoms with van der Waals surface area (Å²) in [7, 11) is 1.33. The highest BCUT2D eigenvalue weighted by molar-refractivity contribution is 5.82. The van der Waals surface area contributed by atoms with E-state index in [1.807, 2.05) is 37.3 Å². The highest BCUT2D eigenvalue weighted by Gasteiger charge is 2.35. The Labute approximate surface area is 170 Å². The van der Waals surface area contributed by atoms with Gasteiger partial charge in [0, 0.05) is 17.3 Å². The Hall–Kier alpha value is -3.86. The fourth-order valence-electron chi connectivity index (χ4n) is 3.18. The summed E-state index contributed by atoms with van der Waals surface area (Å²) < 4.78 is 46.8. The van der Waals surface area contributed by atoms with Crippen LogP contribution in [0.4, 0.5) is 13.2 Å². The third kappa shape index (κ3) is 3.35. The lowest BCUT2D eigenvalue weighted by Crippen LogP contribution is -2.04. The fraction of sp³-hybridized carbons (Fsp3) is 0.136. The minimum absolute atomic E-state index is 0.0271. The highest BCUT2D eigenvalue weighted by atomic mass is 19.4. The second-order valence-corrected chi connectivity index (χ2v) is 6.69. The molecule has 0 aliphatic carbocycles. The van der Waals surface area contributed by atoms with Crippen LogP contribution in [-0.4, -0.2) is 21.5 Å². The molecule has 150 valence electrons. The van der Waals surface area contributed by atoms with Crippen LogP contribution in [0.5, 0.6) is 5.88 Å². The van der Waals surface area contributed by atoms with Gasteiger partial charge in [0.25, 0.3) is 5.88 Å². The number of fused-ring (bicyclic) bond motifs is 1. The zero-order valence-corrected chi connectivity index (χ0v) is 16.0. The normalized spacial score (nSPS) is 11.5. The fourth-order valence-corrected chi connectivity index (χ4v) is 3.18. The molecular weight excluding hydrogens is 393 g/mol. The molecule has 30 heavy (non-hydrogen) atoms. The Bertz CT molecular complexity index is 1270. The average molecular weight is 408 g/mol. The van der Waals surface area contributed by atoms with Crippen LogP contribution in [0.2, 0.25) is 0 Å². The first kappa shape index (κ1) is 19.5. The van der Waals surface area contributed by atoms with Gasteiger partial charge in [0.2, 0.25) is 5.65 Å². The molecular formula is C22H15F3N4O. The van der Waals surface area contributed by atoms with Gasteiger partial charge >= 0.3 is 6.18 Å². The number of imidazole rings is 1. The number of alkyl halides is 3. The molecule has 0 unspecified atom stereocenters. The summed E-state index contributed by atoms with van der Waals surface area (Å²) in [6.45, 7) is 1.92. The van der Waals surface area contributed by atoms with Crippen molar-refractivity contribution in [3.05, 3.63) is 71.5 Å². The Morgan fingerprint density at radius 2 is 1.60 bits per heavy atom. The maximum Gasteiger partial charge on any atom is 0.434 e. The molecule has 2 heterocycles. The van der Waals surface area contributed by atoms with Gasteiger partial charge in [0.1, 0.15) is 0 Å². The molecule has 5 nitrogen and oxygen atoms in total. The van der Waals surface area contributed by atoms with Gasteiger partial charge in [-0.25, -0.2) is 9.97 Å². The summed E-state index contributed by atoms with van der Waals surface area (Å²) in [6, 6.07) is 16.1. The molecule has 0 radical (unpaired) electrons. The van der Waals surface area contributed by atoms with Gasteiger partial charge in [-0.1, -0.05) is 42.0 Å². The largest absolute Gasteiger partial charge is 0.478 e.